The molecule has 1 aromatic rings. The quantitative estimate of drug-likeness (QED) is 0.845. The topological polar surface area (TPSA) is 61.4 Å². The number of nitrogens with zero attached hydrogens (tertiary/aromatic N) is 1. The number of halogens is 1. The van der Waals surface area contributed by atoms with Gasteiger partial charge in [0.25, 0.3) is 0 Å². The SMILES string of the molecule is CC(C)C(NC(=O)Cc1ccccc1)C(=O)N1CCCNCC1.Cl. The van der Waals surface area contributed by atoms with Crippen LogP contribution in [0, 0.1) is 5.92 Å². The van der Waals surface area contributed by atoms with Crippen molar-refractivity contribution in [1.29, 1.82) is 0 Å². The van der Waals surface area contributed by atoms with Crippen LogP contribution in [0.5, 0.6) is 0 Å². The lowest BCUT2D eigenvalue weighted by atomic mass is 10.0. The molecule has 1 heterocycles. The summed E-state index contributed by atoms with van der Waals surface area (Å²) in [5.74, 6) is -0.000237. The van der Waals surface area contributed by atoms with E-state index in [2.05, 4.69) is 10.6 Å². The Kier molecular flexibility index (Phi) is 8.79. The van der Waals surface area contributed by atoms with Crippen LogP contribution >= 0.6 is 12.4 Å². The Morgan fingerprint density at radius 1 is 1.17 bits per heavy atom. The van der Waals surface area contributed by atoms with Crippen LogP contribution < -0.4 is 10.6 Å². The first kappa shape index (κ1) is 20.5. The molecule has 1 aliphatic rings. The van der Waals surface area contributed by atoms with E-state index in [0.29, 0.717) is 13.0 Å². The number of hydrogen-bond donors (Lipinski definition) is 2. The number of carbonyl (C=O) groups excluding carboxylic acids is 2. The zero-order chi connectivity index (χ0) is 16.7. The molecule has 1 saturated heterocycles. The third-order valence-electron chi connectivity index (χ3n) is 4.11. The minimum absolute atomic E-state index is 0. The molecule has 1 aliphatic heterocycles. The molecule has 1 unspecified atom stereocenters. The van der Waals surface area contributed by atoms with Gasteiger partial charge in [-0.3, -0.25) is 9.59 Å². The summed E-state index contributed by atoms with van der Waals surface area (Å²) >= 11 is 0. The van der Waals surface area contributed by atoms with Crippen molar-refractivity contribution in [2.45, 2.75) is 32.7 Å². The average Bonchev–Trinajstić information content (AvgIpc) is 2.82. The number of benzene rings is 1. The molecule has 0 radical (unpaired) electrons. The summed E-state index contributed by atoms with van der Waals surface area (Å²) in [4.78, 5) is 26.9. The van der Waals surface area contributed by atoms with E-state index in [1.807, 2.05) is 49.1 Å². The molecule has 2 N–H and O–H groups in total. The predicted octanol–water partition coefficient (Wildman–Crippen LogP) is 1.61. The molecule has 5 nitrogen and oxygen atoms in total. The Labute approximate surface area is 150 Å². The van der Waals surface area contributed by atoms with E-state index >= 15 is 0 Å². The molecule has 24 heavy (non-hydrogen) atoms. The van der Waals surface area contributed by atoms with Crippen LogP contribution in [0.25, 0.3) is 0 Å². The third kappa shape index (κ3) is 6.13. The molecule has 0 aliphatic carbocycles. The fourth-order valence-electron chi connectivity index (χ4n) is 2.78. The number of hydrogen-bond acceptors (Lipinski definition) is 3. The van der Waals surface area contributed by atoms with Gasteiger partial charge in [-0.05, 0) is 24.4 Å². The average molecular weight is 354 g/mol. The van der Waals surface area contributed by atoms with Gasteiger partial charge in [-0.1, -0.05) is 44.2 Å². The van der Waals surface area contributed by atoms with Crippen molar-refractivity contribution >= 4 is 24.2 Å². The van der Waals surface area contributed by atoms with Crippen LogP contribution in [0.15, 0.2) is 30.3 Å². The van der Waals surface area contributed by atoms with Gasteiger partial charge in [0.05, 0.1) is 6.42 Å². The van der Waals surface area contributed by atoms with Gasteiger partial charge in [0.2, 0.25) is 11.8 Å². The molecule has 1 fully saturated rings. The van der Waals surface area contributed by atoms with Crippen molar-refractivity contribution in [3.05, 3.63) is 35.9 Å². The summed E-state index contributed by atoms with van der Waals surface area (Å²) in [6, 6.07) is 9.15. The Morgan fingerprint density at radius 3 is 2.54 bits per heavy atom. The Hall–Kier alpha value is -1.59. The van der Waals surface area contributed by atoms with E-state index in [-0.39, 0.29) is 30.1 Å². The lowest BCUT2D eigenvalue weighted by molar-refractivity contribution is -0.137. The van der Waals surface area contributed by atoms with Crippen LogP contribution in [-0.4, -0.2) is 48.9 Å². The van der Waals surface area contributed by atoms with E-state index in [0.717, 1.165) is 31.6 Å². The fourth-order valence-corrected chi connectivity index (χ4v) is 2.78. The highest BCUT2D eigenvalue weighted by Gasteiger charge is 2.28. The molecule has 6 heteroatoms. The molecule has 2 amide bonds. The minimum Gasteiger partial charge on any atom is -0.344 e. The second-order valence-electron chi connectivity index (χ2n) is 6.38. The van der Waals surface area contributed by atoms with Crippen molar-refractivity contribution in [3.63, 3.8) is 0 Å². The Morgan fingerprint density at radius 2 is 1.88 bits per heavy atom. The normalized spacial score (nSPS) is 16.0. The summed E-state index contributed by atoms with van der Waals surface area (Å²) in [5.41, 5.74) is 0.957. The number of carbonyl (C=O) groups is 2. The predicted molar refractivity (Wildman–Crippen MR) is 98.2 cm³/mol. The van der Waals surface area contributed by atoms with Gasteiger partial charge in [-0.2, -0.15) is 0 Å². The maximum atomic E-state index is 12.8. The summed E-state index contributed by atoms with van der Waals surface area (Å²) in [5, 5.41) is 6.22. The number of rotatable bonds is 5. The number of amides is 2. The van der Waals surface area contributed by atoms with Crippen molar-refractivity contribution < 1.29 is 9.59 Å². The van der Waals surface area contributed by atoms with Gasteiger partial charge < -0.3 is 15.5 Å². The highest BCUT2D eigenvalue weighted by molar-refractivity contribution is 5.88. The fraction of sp³-hybridized carbons (Fsp3) is 0.556. The second-order valence-corrected chi connectivity index (χ2v) is 6.38. The standard InChI is InChI=1S/C18H27N3O2.ClH/c1-14(2)17(18(23)21-11-6-9-19-10-12-21)20-16(22)13-15-7-4-3-5-8-15;/h3-5,7-8,14,17,19H,6,9-13H2,1-2H3,(H,20,22);1H. The van der Waals surface area contributed by atoms with E-state index < -0.39 is 6.04 Å². The zero-order valence-electron chi connectivity index (χ0n) is 14.5. The van der Waals surface area contributed by atoms with E-state index in [1.54, 1.807) is 0 Å². The largest absolute Gasteiger partial charge is 0.344 e. The van der Waals surface area contributed by atoms with Crippen LogP contribution in [-0.2, 0) is 16.0 Å². The van der Waals surface area contributed by atoms with Gasteiger partial charge in [-0.25, -0.2) is 0 Å². The van der Waals surface area contributed by atoms with Crippen molar-refractivity contribution in [3.8, 4) is 0 Å². The lowest BCUT2D eigenvalue weighted by Gasteiger charge is -2.28. The first-order valence-electron chi connectivity index (χ1n) is 8.40. The molecule has 0 spiro atoms. The highest BCUT2D eigenvalue weighted by Crippen LogP contribution is 2.09. The summed E-state index contributed by atoms with van der Waals surface area (Å²) in [6.45, 7) is 7.16. The zero-order valence-corrected chi connectivity index (χ0v) is 15.3. The first-order valence-corrected chi connectivity index (χ1v) is 8.40. The highest BCUT2D eigenvalue weighted by atomic mass is 35.5. The molecular weight excluding hydrogens is 326 g/mol. The smallest absolute Gasteiger partial charge is 0.245 e. The van der Waals surface area contributed by atoms with Gasteiger partial charge in [0, 0.05) is 19.6 Å². The maximum Gasteiger partial charge on any atom is 0.245 e. The molecule has 134 valence electrons. The maximum absolute atomic E-state index is 12.8. The number of nitrogens with one attached hydrogen (secondary N) is 2. The van der Waals surface area contributed by atoms with Crippen molar-refractivity contribution in [2.24, 2.45) is 5.92 Å². The molecule has 0 saturated carbocycles. The van der Waals surface area contributed by atoms with E-state index in [4.69, 9.17) is 0 Å². The summed E-state index contributed by atoms with van der Waals surface area (Å²) < 4.78 is 0. The summed E-state index contributed by atoms with van der Waals surface area (Å²) in [7, 11) is 0. The van der Waals surface area contributed by atoms with Gasteiger partial charge in [0.15, 0.2) is 0 Å². The molecule has 1 aromatic carbocycles. The van der Waals surface area contributed by atoms with Crippen molar-refractivity contribution in [2.75, 3.05) is 26.2 Å². The van der Waals surface area contributed by atoms with E-state index in [1.165, 1.54) is 0 Å². The van der Waals surface area contributed by atoms with E-state index in [9.17, 15) is 9.59 Å². The molecule has 0 bridgehead atoms. The van der Waals surface area contributed by atoms with Crippen LogP contribution in [0.3, 0.4) is 0 Å². The van der Waals surface area contributed by atoms with Gasteiger partial charge >= 0.3 is 0 Å². The second kappa shape index (κ2) is 10.3. The third-order valence-corrected chi connectivity index (χ3v) is 4.11. The minimum atomic E-state index is -0.454. The monoisotopic (exact) mass is 353 g/mol. The summed E-state index contributed by atoms with van der Waals surface area (Å²) in [6.07, 6.45) is 1.26. The van der Waals surface area contributed by atoms with Crippen molar-refractivity contribution in [1.82, 2.24) is 15.5 Å². The van der Waals surface area contributed by atoms with Crippen LogP contribution in [0.1, 0.15) is 25.8 Å². The van der Waals surface area contributed by atoms with Crippen LogP contribution in [0.2, 0.25) is 0 Å². The Balaban J connectivity index is 0.00000288. The molecule has 0 aromatic heterocycles. The first-order chi connectivity index (χ1) is 11.1. The van der Waals surface area contributed by atoms with Crippen LogP contribution in [0.4, 0.5) is 0 Å². The van der Waals surface area contributed by atoms with Gasteiger partial charge in [0.1, 0.15) is 6.04 Å². The lowest BCUT2D eigenvalue weighted by Crippen LogP contribution is -2.52. The Bertz CT molecular complexity index is 514. The molecule has 1 atom stereocenters. The molecular formula is C18H28ClN3O2. The van der Waals surface area contributed by atoms with Gasteiger partial charge in [-0.15, -0.1) is 12.4 Å². The molecule has 2 rings (SSSR count).